The van der Waals surface area contributed by atoms with Gasteiger partial charge in [0.1, 0.15) is 11.8 Å². The summed E-state index contributed by atoms with van der Waals surface area (Å²) in [6.07, 6.45) is -0.880. The first-order chi connectivity index (χ1) is 14.4. The molecule has 0 spiro atoms. The number of carbonyl (C=O) groups is 1. The molecule has 0 saturated heterocycles. The fraction of sp³-hybridized carbons (Fsp3) is 0.167. The standard InChI is InChI=1S/C24H22N2O4/c1-14-8-13-20(26-15(2)23(30-3)25-22(14)26)21(27)17-11-9-16(10-12-17)18-6-4-5-7-19(18)24(28)29/h4-13,21,27H,1-3H3,(H,28,29)/t21-/m1/s1. The number of aromatic carboxylic acids is 1. The van der Waals surface area contributed by atoms with Crippen LogP contribution in [0.5, 0.6) is 5.88 Å². The Balaban J connectivity index is 1.76. The number of benzene rings is 2. The molecule has 2 heterocycles. The number of hydrogen-bond acceptors (Lipinski definition) is 4. The molecular weight excluding hydrogens is 380 g/mol. The minimum atomic E-state index is -0.971. The predicted molar refractivity (Wildman–Crippen MR) is 114 cm³/mol. The van der Waals surface area contributed by atoms with Crippen LogP contribution in [-0.4, -0.2) is 32.7 Å². The number of hydrogen-bond donors (Lipinski definition) is 2. The van der Waals surface area contributed by atoms with Crippen LogP contribution in [0.1, 0.15) is 39.0 Å². The lowest BCUT2D eigenvalue weighted by Crippen LogP contribution is -2.08. The molecule has 0 aliphatic heterocycles. The van der Waals surface area contributed by atoms with Gasteiger partial charge in [-0.05, 0) is 48.2 Å². The average Bonchev–Trinajstić information content (AvgIpc) is 3.11. The van der Waals surface area contributed by atoms with Crippen LogP contribution >= 0.6 is 0 Å². The van der Waals surface area contributed by atoms with Crippen LogP contribution in [-0.2, 0) is 0 Å². The van der Waals surface area contributed by atoms with Gasteiger partial charge in [0, 0.05) is 0 Å². The molecule has 0 fully saturated rings. The molecular formula is C24H22N2O4. The molecule has 2 N–H and O–H groups in total. The first kappa shape index (κ1) is 19.7. The van der Waals surface area contributed by atoms with Crippen molar-refractivity contribution in [2.75, 3.05) is 7.11 Å². The quantitative estimate of drug-likeness (QED) is 0.517. The smallest absolute Gasteiger partial charge is 0.336 e. The van der Waals surface area contributed by atoms with Crippen molar-refractivity contribution in [2.45, 2.75) is 20.0 Å². The fourth-order valence-corrected chi connectivity index (χ4v) is 3.77. The van der Waals surface area contributed by atoms with E-state index in [1.54, 1.807) is 25.3 Å². The van der Waals surface area contributed by atoms with E-state index in [4.69, 9.17) is 4.74 Å². The summed E-state index contributed by atoms with van der Waals surface area (Å²) < 4.78 is 7.27. The van der Waals surface area contributed by atoms with Gasteiger partial charge >= 0.3 is 5.97 Å². The summed E-state index contributed by atoms with van der Waals surface area (Å²) in [7, 11) is 1.58. The normalized spacial score (nSPS) is 12.1. The second-order valence-corrected chi connectivity index (χ2v) is 7.18. The lowest BCUT2D eigenvalue weighted by Gasteiger charge is -2.16. The minimum absolute atomic E-state index is 0.243. The number of imidazole rings is 1. The van der Waals surface area contributed by atoms with E-state index in [-0.39, 0.29) is 5.56 Å². The number of aryl methyl sites for hydroxylation is 2. The first-order valence-corrected chi connectivity index (χ1v) is 9.55. The van der Waals surface area contributed by atoms with Gasteiger partial charge in [0.25, 0.3) is 0 Å². The molecule has 0 unspecified atom stereocenters. The summed E-state index contributed by atoms with van der Waals surface area (Å²) in [4.78, 5) is 16.0. The Morgan fingerprint density at radius 3 is 2.40 bits per heavy atom. The maximum absolute atomic E-state index is 11.5. The van der Waals surface area contributed by atoms with Crippen LogP contribution in [0.4, 0.5) is 0 Å². The molecule has 30 heavy (non-hydrogen) atoms. The fourth-order valence-electron chi connectivity index (χ4n) is 3.77. The Morgan fingerprint density at radius 2 is 1.73 bits per heavy atom. The first-order valence-electron chi connectivity index (χ1n) is 9.55. The number of carboxylic acids is 1. The van der Waals surface area contributed by atoms with Crippen molar-refractivity contribution in [3.63, 3.8) is 0 Å². The highest BCUT2D eigenvalue weighted by Crippen LogP contribution is 2.31. The summed E-state index contributed by atoms with van der Waals surface area (Å²) in [5, 5.41) is 20.5. The molecule has 0 aliphatic carbocycles. The van der Waals surface area contributed by atoms with Crippen molar-refractivity contribution in [3.8, 4) is 17.0 Å². The van der Waals surface area contributed by atoms with Crippen molar-refractivity contribution in [3.05, 3.63) is 88.7 Å². The largest absolute Gasteiger partial charge is 0.480 e. The van der Waals surface area contributed by atoms with Crippen LogP contribution in [0.15, 0.2) is 60.7 Å². The van der Waals surface area contributed by atoms with E-state index in [0.29, 0.717) is 22.7 Å². The van der Waals surface area contributed by atoms with Crippen LogP contribution in [0, 0.1) is 13.8 Å². The maximum atomic E-state index is 11.5. The van der Waals surface area contributed by atoms with E-state index >= 15 is 0 Å². The molecule has 2 aromatic heterocycles. The Hall–Kier alpha value is -3.64. The van der Waals surface area contributed by atoms with Gasteiger partial charge in [0.2, 0.25) is 5.88 Å². The molecule has 4 aromatic rings. The number of methoxy groups -OCH3 is 1. The Bertz CT molecular complexity index is 1240. The third kappa shape index (κ3) is 3.21. The molecule has 0 radical (unpaired) electrons. The highest BCUT2D eigenvalue weighted by Gasteiger charge is 2.20. The van der Waals surface area contributed by atoms with Gasteiger partial charge in [0.05, 0.1) is 24.1 Å². The van der Waals surface area contributed by atoms with Crippen molar-refractivity contribution >= 4 is 11.6 Å². The molecule has 0 bridgehead atoms. The Labute approximate surface area is 174 Å². The molecule has 0 aliphatic rings. The third-order valence-electron chi connectivity index (χ3n) is 5.35. The zero-order valence-corrected chi connectivity index (χ0v) is 17.0. The van der Waals surface area contributed by atoms with E-state index in [0.717, 1.165) is 22.5 Å². The second-order valence-electron chi connectivity index (χ2n) is 7.18. The van der Waals surface area contributed by atoms with Gasteiger partial charge in [-0.25, -0.2) is 4.79 Å². The number of pyridine rings is 1. The lowest BCUT2D eigenvalue weighted by molar-refractivity contribution is 0.0697. The van der Waals surface area contributed by atoms with Gasteiger partial charge in [-0.15, -0.1) is 0 Å². The minimum Gasteiger partial charge on any atom is -0.480 e. The van der Waals surface area contributed by atoms with Gasteiger partial charge in [-0.3, -0.25) is 4.40 Å². The second kappa shape index (κ2) is 7.65. The van der Waals surface area contributed by atoms with Crippen molar-refractivity contribution < 1.29 is 19.7 Å². The van der Waals surface area contributed by atoms with Gasteiger partial charge in [-0.1, -0.05) is 48.5 Å². The zero-order valence-electron chi connectivity index (χ0n) is 17.0. The van der Waals surface area contributed by atoms with E-state index in [1.165, 1.54) is 0 Å². The number of aliphatic hydroxyl groups is 1. The third-order valence-corrected chi connectivity index (χ3v) is 5.35. The van der Waals surface area contributed by atoms with E-state index < -0.39 is 12.1 Å². The van der Waals surface area contributed by atoms with Crippen LogP contribution in [0.3, 0.4) is 0 Å². The molecule has 4 rings (SSSR count). The van der Waals surface area contributed by atoms with Gasteiger partial charge < -0.3 is 14.9 Å². The number of rotatable bonds is 5. The highest BCUT2D eigenvalue weighted by molar-refractivity contribution is 5.96. The molecule has 0 amide bonds. The molecule has 1 atom stereocenters. The maximum Gasteiger partial charge on any atom is 0.336 e. The molecule has 152 valence electrons. The summed E-state index contributed by atoms with van der Waals surface area (Å²) >= 11 is 0. The van der Waals surface area contributed by atoms with E-state index in [1.807, 2.05) is 60.7 Å². The van der Waals surface area contributed by atoms with Crippen LogP contribution < -0.4 is 4.74 Å². The van der Waals surface area contributed by atoms with Crippen molar-refractivity contribution in [1.82, 2.24) is 9.38 Å². The summed E-state index contributed by atoms with van der Waals surface area (Å²) in [5.74, 6) is -0.445. The summed E-state index contributed by atoms with van der Waals surface area (Å²) in [5.41, 5.74) is 5.58. The van der Waals surface area contributed by atoms with Gasteiger partial charge in [0.15, 0.2) is 0 Å². The molecule has 6 nitrogen and oxygen atoms in total. The summed E-state index contributed by atoms with van der Waals surface area (Å²) in [6, 6.07) is 18.0. The molecule has 6 heteroatoms. The molecule has 2 aromatic carbocycles. The topological polar surface area (TPSA) is 84.1 Å². The lowest BCUT2D eigenvalue weighted by atomic mass is 9.97. The van der Waals surface area contributed by atoms with Crippen molar-refractivity contribution in [1.29, 1.82) is 0 Å². The number of carboxylic acid groups (broad SMARTS) is 1. The number of nitrogens with zero attached hydrogens (tertiary/aromatic N) is 2. The monoisotopic (exact) mass is 402 g/mol. The number of ether oxygens (including phenoxy) is 1. The SMILES string of the molecule is COc1nc2c(C)ccc([C@H](O)c3ccc(-c4ccccc4C(=O)O)cc3)n2c1C. The number of fused-ring (bicyclic) bond motifs is 1. The average molecular weight is 402 g/mol. The summed E-state index contributed by atoms with van der Waals surface area (Å²) in [6.45, 7) is 3.87. The Morgan fingerprint density at radius 1 is 1.03 bits per heavy atom. The highest BCUT2D eigenvalue weighted by atomic mass is 16.5. The van der Waals surface area contributed by atoms with Crippen LogP contribution in [0.25, 0.3) is 16.8 Å². The number of aliphatic hydroxyl groups excluding tert-OH is 1. The Kier molecular flexibility index (Phi) is 5.01. The zero-order chi connectivity index (χ0) is 21.4. The van der Waals surface area contributed by atoms with Crippen LogP contribution in [0.2, 0.25) is 0 Å². The van der Waals surface area contributed by atoms with E-state index in [2.05, 4.69) is 4.98 Å². The number of aromatic nitrogens is 2. The van der Waals surface area contributed by atoms with E-state index in [9.17, 15) is 15.0 Å². The van der Waals surface area contributed by atoms with Gasteiger partial charge in [-0.2, -0.15) is 4.98 Å². The predicted octanol–water partition coefficient (Wildman–Crippen LogP) is 4.41. The molecule has 0 saturated carbocycles. The van der Waals surface area contributed by atoms with Crippen molar-refractivity contribution in [2.24, 2.45) is 0 Å².